The summed E-state index contributed by atoms with van der Waals surface area (Å²) >= 11 is 0. The molecule has 0 spiro atoms. The smallest absolute Gasteiger partial charge is 0.254 e. The van der Waals surface area contributed by atoms with E-state index in [2.05, 4.69) is 31.3 Å². The summed E-state index contributed by atoms with van der Waals surface area (Å²) in [5, 5.41) is 7.51. The minimum absolute atomic E-state index is 0.682. The van der Waals surface area contributed by atoms with E-state index in [0.29, 0.717) is 11.7 Å². The molecule has 0 saturated carbocycles. The fraction of sp³-hybridized carbons (Fsp3) is 0.583. The van der Waals surface area contributed by atoms with Crippen molar-refractivity contribution in [1.29, 1.82) is 0 Å². The van der Waals surface area contributed by atoms with E-state index in [-0.39, 0.29) is 0 Å². The molecule has 3 heterocycles. The van der Waals surface area contributed by atoms with E-state index in [0.717, 1.165) is 31.1 Å². The fourth-order valence-electron chi connectivity index (χ4n) is 2.63. The number of rotatable bonds is 3. The molecule has 96 valence electrons. The molecule has 1 aliphatic rings. The summed E-state index contributed by atoms with van der Waals surface area (Å²) in [5.41, 5.74) is 0.988. The molecule has 6 nitrogen and oxygen atoms in total. The Morgan fingerprint density at radius 1 is 1.50 bits per heavy atom. The lowest BCUT2D eigenvalue weighted by atomic mass is 10.1. The molecule has 0 aromatic carbocycles. The van der Waals surface area contributed by atoms with E-state index in [1.54, 1.807) is 6.33 Å². The number of anilines is 1. The van der Waals surface area contributed by atoms with Crippen LogP contribution in [0.15, 0.2) is 12.4 Å². The van der Waals surface area contributed by atoms with Gasteiger partial charge in [-0.2, -0.15) is 14.6 Å². The first kappa shape index (κ1) is 11.4. The Balaban J connectivity index is 1.92. The van der Waals surface area contributed by atoms with Crippen molar-refractivity contribution in [3.63, 3.8) is 0 Å². The van der Waals surface area contributed by atoms with E-state index < -0.39 is 0 Å². The van der Waals surface area contributed by atoms with Crippen LogP contribution in [-0.4, -0.2) is 46.3 Å². The number of nitrogens with one attached hydrogen (secondary N) is 1. The summed E-state index contributed by atoms with van der Waals surface area (Å²) in [6, 6.07) is 2.09. The molecular weight excluding hydrogens is 228 g/mol. The van der Waals surface area contributed by atoms with Gasteiger partial charge in [0.25, 0.3) is 5.78 Å². The zero-order valence-electron chi connectivity index (χ0n) is 10.8. The van der Waals surface area contributed by atoms with Gasteiger partial charge in [0, 0.05) is 24.8 Å². The molecule has 1 unspecified atom stereocenters. The third-order valence-electron chi connectivity index (χ3n) is 3.46. The summed E-state index contributed by atoms with van der Waals surface area (Å²) in [4.78, 5) is 10.9. The normalized spacial score (nSPS) is 19.9. The molecule has 3 rings (SSSR count). The molecule has 2 aromatic heterocycles. The van der Waals surface area contributed by atoms with Crippen molar-refractivity contribution in [3.8, 4) is 0 Å². The SMILES string of the molecule is CNCC1CCN(c2cc(C)nc3ncnn23)C1. The quantitative estimate of drug-likeness (QED) is 0.853. The zero-order valence-corrected chi connectivity index (χ0v) is 10.8. The van der Waals surface area contributed by atoms with Crippen molar-refractivity contribution in [1.82, 2.24) is 24.9 Å². The van der Waals surface area contributed by atoms with Crippen molar-refractivity contribution >= 4 is 11.6 Å². The van der Waals surface area contributed by atoms with Gasteiger partial charge in [-0.3, -0.25) is 0 Å². The minimum Gasteiger partial charge on any atom is -0.356 e. The van der Waals surface area contributed by atoms with Crippen molar-refractivity contribution in [3.05, 3.63) is 18.1 Å². The number of nitrogens with zero attached hydrogens (tertiary/aromatic N) is 5. The Hall–Kier alpha value is -1.69. The van der Waals surface area contributed by atoms with E-state index in [1.165, 1.54) is 6.42 Å². The first-order valence-electron chi connectivity index (χ1n) is 6.35. The molecule has 2 aromatic rings. The first-order valence-corrected chi connectivity index (χ1v) is 6.35. The van der Waals surface area contributed by atoms with E-state index in [9.17, 15) is 0 Å². The average Bonchev–Trinajstić information content (AvgIpc) is 2.96. The number of aromatic nitrogens is 4. The fourth-order valence-corrected chi connectivity index (χ4v) is 2.63. The van der Waals surface area contributed by atoms with E-state index in [1.807, 2.05) is 18.5 Å². The maximum absolute atomic E-state index is 4.37. The van der Waals surface area contributed by atoms with Crippen molar-refractivity contribution in [2.75, 3.05) is 31.6 Å². The molecule has 6 heteroatoms. The van der Waals surface area contributed by atoms with Crippen LogP contribution in [0.25, 0.3) is 5.78 Å². The maximum Gasteiger partial charge on any atom is 0.254 e. The summed E-state index contributed by atoms with van der Waals surface area (Å²) in [5.74, 6) is 2.50. The van der Waals surface area contributed by atoms with Gasteiger partial charge in [-0.1, -0.05) is 0 Å². The first-order chi connectivity index (χ1) is 8.78. The molecule has 1 aliphatic heterocycles. The molecular formula is C12H18N6. The Labute approximate surface area is 106 Å². The van der Waals surface area contributed by atoms with Gasteiger partial charge in [-0.05, 0) is 32.9 Å². The highest BCUT2D eigenvalue weighted by Gasteiger charge is 2.24. The van der Waals surface area contributed by atoms with Crippen LogP contribution in [0.2, 0.25) is 0 Å². The van der Waals surface area contributed by atoms with Gasteiger partial charge in [-0.15, -0.1) is 0 Å². The van der Waals surface area contributed by atoms with Crippen molar-refractivity contribution in [2.24, 2.45) is 5.92 Å². The van der Waals surface area contributed by atoms with Crippen molar-refractivity contribution in [2.45, 2.75) is 13.3 Å². The van der Waals surface area contributed by atoms with Gasteiger partial charge >= 0.3 is 0 Å². The predicted octanol–water partition coefficient (Wildman–Crippen LogP) is 0.478. The lowest BCUT2D eigenvalue weighted by Gasteiger charge is -2.19. The molecule has 1 N–H and O–H groups in total. The highest BCUT2D eigenvalue weighted by Crippen LogP contribution is 2.23. The average molecular weight is 246 g/mol. The van der Waals surface area contributed by atoms with Gasteiger partial charge in [0.2, 0.25) is 0 Å². The molecule has 18 heavy (non-hydrogen) atoms. The summed E-state index contributed by atoms with van der Waals surface area (Å²) in [6.07, 6.45) is 2.78. The van der Waals surface area contributed by atoms with Crippen molar-refractivity contribution < 1.29 is 0 Å². The molecule has 0 amide bonds. The Morgan fingerprint density at radius 2 is 2.39 bits per heavy atom. The second-order valence-corrected chi connectivity index (χ2v) is 4.89. The molecule has 0 bridgehead atoms. The van der Waals surface area contributed by atoms with Gasteiger partial charge in [-0.25, -0.2) is 4.98 Å². The maximum atomic E-state index is 4.37. The van der Waals surface area contributed by atoms with Crippen LogP contribution >= 0.6 is 0 Å². The standard InChI is InChI=1S/C12H18N6/c1-9-5-11(18-12(16-9)14-8-15-18)17-4-3-10(7-17)6-13-2/h5,8,10,13H,3-4,6-7H2,1-2H3. The number of fused-ring (bicyclic) bond motifs is 1. The Kier molecular flexibility index (Phi) is 2.87. The summed E-state index contributed by atoms with van der Waals surface area (Å²) in [6.45, 7) is 5.21. The van der Waals surface area contributed by atoms with Gasteiger partial charge in [0.1, 0.15) is 12.1 Å². The molecule has 0 aliphatic carbocycles. The summed E-state index contributed by atoms with van der Waals surface area (Å²) < 4.78 is 1.83. The summed E-state index contributed by atoms with van der Waals surface area (Å²) in [7, 11) is 2.01. The third kappa shape index (κ3) is 1.92. The van der Waals surface area contributed by atoms with E-state index in [4.69, 9.17) is 0 Å². The van der Waals surface area contributed by atoms with Gasteiger partial charge in [0.05, 0.1) is 0 Å². The van der Waals surface area contributed by atoms with Crippen LogP contribution in [0.1, 0.15) is 12.1 Å². The van der Waals surface area contributed by atoms with Gasteiger partial charge < -0.3 is 10.2 Å². The lowest BCUT2D eigenvalue weighted by molar-refractivity contribution is 0.548. The zero-order chi connectivity index (χ0) is 12.5. The topological polar surface area (TPSA) is 58.3 Å². The third-order valence-corrected chi connectivity index (χ3v) is 3.46. The van der Waals surface area contributed by atoms with Crippen LogP contribution in [0, 0.1) is 12.8 Å². The second-order valence-electron chi connectivity index (χ2n) is 4.89. The van der Waals surface area contributed by atoms with Crippen LogP contribution in [0.4, 0.5) is 5.82 Å². The van der Waals surface area contributed by atoms with Crippen LogP contribution in [0.3, 0.4) is 0 Å². The number of aryl methyl sites for hydroxylation is 1. The highest BCUT2D eigenvalue weighted by atomic mass is 15.4. The van der Waals surface area contributed by atoms with Gasteiger partial charge in [0.15, 0.2) is 0 Å². The van der Waals surface area contributed by atoms with Crippen LogP contribution in [0.5, 0.6) is 0 Å². The monoisotopic (exact) mass is 246 g/mol. The molecule has 1 fully saturated rings. The minimum atomic E-state index is 0.682. The molecule has 0 radical (unpaired) electrons. The largest absolute Gasteiger partial charge is 0.356 e. The Bertz CT molecular complexity index is 548. The molecule has 1 atom stereocenters. The second kappa shape index (κ2) is 4.53. The van der Waals surface area contributed by atoms with Crippen LogP contribution < -0.4 is 10.2 Å². The highest BCUT2D eigenvalue weighted by molar-refractivity contribution is 5.47. The number of hydrogen-bond donors (Lipinski definition) is 1. The predicted molar refractivity (Wildman–Crippen MR) is 69.8 cm³/mol. The lowest BCUT2D eigenvalue weighted by Crippen LogP contribution is -2.26. The Morgan fingerprint density at radius 3 is 3.22 bits per heavy atom. The molecule has 1 saturated heterocycles. The van der Waals surface area contributed by atoms with Crippen LogP contribution in [-0.2, 0) is 0 Å². The van der Waals surface area contributed by atoms with E-state index >= 15 is 0 Å². The number of hydrogen-bond acceptors (Lipinski definition) is 5.